The third-order valence-electron chi connectivity index (χ3n) is 7.16. The molecule has 2 fully saturated rings. The molecule has 0 radical (unpaired) electrons. The number of aryl methyl sites for hydroxylation is 2. The maximum atomic E-state index is 6.75. The van der Waals surface area contributed by atoms with Gasteiger partial charge in [0.15, 0.2) is 5.16 Å². The molecule has 0 spiro atoms. The average Bonchev–Trinajstić information content (AvgIpc) is 3.56. The SMILES string of the molecule is CCc1[nH]c2nc(Sc3ccc4c(N5CCC(N)C5)cc(C)nc4c3)nc(N3CCC(N)C3)c2c1Cl. The number of nitrogens with one attached hydrogen (secondary N) is 1. The number of hydrogen-bond donors (Lipinski definition) is 3. The second kappa shape index (κ2) is 9.37. The molecule has 0 bridgehead atoms. The fourth-order valence-corrected chi connectivity index (χ4v) is 6.46. The number of nitrogens with zero attached hydrogens (tertiary/aromatic N) is 5. The number of anilines is 2. The minimum absolute atomic E-state index is 0.142. The molecule has 3 aromatic heterocycles. The molecule has 188 valence electrons. The first kappa shape index (κ1) is 23.8. The Morgan fingerprint density at radius 2 is 1.81 bits per heavy atom. The van der Waals surface area contributed by atoms with Crippen molar-refractivity contribution >= 4 is 56.8 Å². The van der Waals surface area contributed by atoms with E-state index in [9.17, 15) is 0 Å². The zero-order valence-electron chi connectivity index (χ0n) is 20.6. The molecule has 6 rings (SSSR count). The summed E-state index contributed by atoms with van der Waals surface area (Å²) in [6.45, 7) is 7.61. The van der Waals surface area contributed by atoms with Crippen molar-refractivity contribution in [3.63, 3.8) is 0 Å². The Labute approximate surface area is 219 Å². The van der Waals surface area contributed by atoms with Gasteiger partial charge in [0.1, 0.15) is 11.5 Å². The molecule has 10 heteroatoms. The number of rotatable bonds is 5. The second-order valence-corrected chi connectivity index (χ2v) is 11.3. The average molecular weight is 523 g/mol. The van der Waals surface area contributed by atoms with Crippen LogP contribution in [0.1, 0.15) is 31.2 Å². The highest BCUT2D eigenvalue weighted by atomic mass is 35.5. The van der Waals surface area contributed by atoms with E-state index in [0.29, 0.717) is 10.2 Å². The summed E-state index contributed by atoms with van der Waals surface area (Å²) in [5, 5.41) is 3.41. The molecular weight excluding hydrogens is 492 g/mol. The quantitative estimate of drug-likeness (QED) is 0.333. The molecule has 0 saturated carbocycles. The van der Waals surface area contributed by atoms with Gasteiger partial charge in [0, 0.05) is 65.6 Å². The zero-order valence-corrected chi connectivity index (χ0v) is 22.2. The number of halogens is 1. The largest absolute Gasteiger partial charge is 0.369 e. The molecule has 36 heavy (non-hydrogen) atoms. The van der Waals surface area contributed by atoms with Crippen LogP contribution in [0.2, 0.25) is 5.02 Å². The van der Waals surface area contributed by atoms with Gasteiger partial charge in [-0.2, -0.15) is 0 Å². The van der Waals surface area contributed by atoms with Crippen LogP contribution in [0.25, 0.3) is 21.9 Å². The Bertz CT molecular complexity index is 1450. The predicted molar refractivity (Wildman–Crippen MR) is 148 cm³/mol. The first-order chi connectivity index (χ1) is 17.4. The molecule has 2 saturated heterocycles. The molecule has 2 aliphatic rings. The summed E-state index contributed by atoms with van der Waals surface area (Å²) in [5.74, 6) is 0.860. The molecule has 8 nitrogen and oxygen atoms in total. The first-order valence-electron chi connectivity index (χ1n) is 12.6. The number of aromatic amines is 1. The van der Waals surface area contributed by atoms with E-state index in [1.54, 1.807) is 11.8 Å². The molecule has 0 aliphatic carbocycles. The fraction of sp³-hybridized carbons (Fsp3) is 0.423. The summed E-state index contributed by atoms with van der Waals surface area (Å²) in [6, 6.07) is 8.94. The molecule has 4 aromatic rings. The highest BCUT2D eigenvalue weighted by Crippen LogP contribution is 2.38. The third kappa shape index (κ3) is 4.28. The van der Waals surface area contributed by atoms with Crippen LogP contribution < -0.4 is 21.3 Å². The molecule has 0 amide bonds. The Hall–Kier alpha value is -2.59. The molecule has 2 atom stereocenters. The van der Waals surface area contributed by atoms with Crippen LogP contribution in [0.3, 0.4) is 0 Å². The lowest BCUT2D eigenvalue weighted by molar-refractivity contribution is 0.751. The van der Waals surface area contributed by atoms with Crippen molar-refractivity contribution in [2.45, 2.75) is 55.2 Å². The zero-order chi connectivity index (χ0) is 25.0. The summed E-state index contributed by atoms with van der Waals surface area (Å²) in [6.07, 6.45) is 2.76. The first-order valence-corrected chi connectivity index (χ1v) is 13.8. The summed E-state index contributed by atoms with van der Waals surface area (Å²) < 4.78 is 0. The van der Waals surface area contributed by atoms with Crippen LogP contribution >= 0.6 is 23.4 Å². The van der Waals surface area contributed by atoms with E-state index in [2.05, 4.69) is 46.0 Å². The predicted octanol–water partition coefficient (Wildman–Crippen LogP) is 4.26. The van der Waals surface area contributed by atoms with Gasteiger partial charge < -0.3 is 26.3 Å². The molecule has 5 N–H and O–H groups in total. The van der Waals surface area contributed by atoms with Gasteiger partial charge in [-0.1, -0.05) is 18.5 Å². The third-order valence-corrected chi connectivity index (χ3v) is 8.43. The van der Waals surface area contributed by atoms with E-state index in [0.717, 1.165) is 89.5 Å². The lowest BCUT2D eigenvalue weighted by atomic mass is 10.1. The lowest BCUT2D eigenvalue weighted by Gasteiger charge is -2.21. The lowest BCUT2D eigenvalue weighted by Crippen LogP contribution is -2.27. The minimum Gasteiger partial charge on any atom is -0.369 e. The van der Waals surface area contributed by atoms with Gasteiger partial charge in [-0.05, 0) is 62.2 Å². The van der Waals surface area contributed by atoms with Crippen LogP contribution in [-0.4, -0.2) is 58.2 Å². The summed E-state index contributed by atoms with van der Waals surface area (Å²) in [4.78, 5) is 23.7. The normalized spacial score (nSPS) is 20.4. The number of fused-ring (bicyclic) bond motifs is 2. The van der Waals surface area contributed by atoms with Crippen molar-refractivity contribution in [2.75, 3.05) is 36.0 Å². The van der Waals surface area contributed by atoms with Crippen LogP contribution in [0.4, 0.5) is 11.5 Å². The van der Waals surface area contributed by atoms with Crippen molar-refractivity contribution < 1.29 is 0 Å². The van der Waals surface area contributed by atoms with Gasteiger partial charge in [-0.15, -0.1) is 0 Å². The monoisotopic (exact) mass is 522 g/mol. The fourth-order valence-electron chi connectivity index (χ4n) is 5.32. The van der Waals surface area contributed by atoms with E-state index in [4.69, 9.17) is 38.0 Å². The number of pyridine rings is 1. The van der Waals surface area contributed by atoms with Gasteiger partial charge in [0.25, 0.3) is 0 Å². The summed E-state index contributed by atoms with van der Waals surface area (Å²) in [7, 11) is 0. The van der Waals surface area contributed by atoms with Gasteiger partial charge in [0.2, 0.25) is 0 Å². The number of aromatic nitrogens is 4. The molecule has 5 heterocycles. The summed E-state index contributed by atoms with van der Waals surface area (Å²) in [5.41, 5.74) is 17.3. The highest BCUT2D eigenvalue weighted by Gasteiger charge is 2.26. The van der Waals surface area contributed by atoms with Crippen molar-refractivity contribution in [3.8, 4) is 0 Å². The number of hydrogen-bond acceptors (Lipinski definition) is 8. The number of nitrogens with two attached hydrogens (primary N) is 2. The van der Waals surface area contributed by atoms with E-state index in [1.807, 2.05) is 6.92 Å². The van der Waals surface area contributed by atoms with Gasteiger partial charge in [-0.25, -0.2) is 9.97 Å². The van der Waals surface area contributed by atoms with E-state index >= 15 is 0 Å². The van der Waals surface area contributed by atoms with Gasteiger partial charge in [0.05, 0.1) is 15.9 Å². The highest BCUT2D eigenvalue weighted by molar-refractivity contribution is 7.99. The Morgan fingerprint density at radius 1 is 1.06 bits per heavy atom. The number of benzene rings is 1. The molecule has 1 aromatic carbocycles. The maximum Gasteiger partial charge on any atom is 0.196 e. The van der Waals surface area contributed by atoms with Crippen LogP contribution in [-0.2, 0) is 6.42 Å². The van der Waals surface area contributed by atoms with E-state index < -0.39 is 0 Å². The van der Waals surface area contributed by atoms with Crippen LogP contribution in [0, 0.1) is 6.92 Å². The second-order valence-electron chi connectivity index (χ2n) is 9.88. The maximum absolute atomic E-state index is 6.75. The number of H-pyrrole nitrogens is 1. The van der Waals surface area contributed by atoms with Crippen molar-refractivity contribution in [3.05, 3.63) is 40.7 Å². The molecular formula is C26H31ClN8S. The van der Waals surface area contributed by atoms with Crippen molar-refractivity contribution in [1.29, 1.82) is 0 Å². The summed E-state index contributed by atoms with van der Waals surface area (Å²) >= 11 is 8.29. The van der Waals surface area contributed by atoms with E-state index in [-0.39, 0.29) is 12.1 Å². The van der Waals surface area contributed by atoms with Gasteiger partial charge >= 0.3 is 0 Å². The smallest absolute Gasteiger partial charge is 0.196 e. The standard InChI is InChI=1S/C26H31ClN8S/c1-3-19-23(27)22-24(31-19)32-26(33-25(22)35-9-7-16(29)13-35)36-17-4-5-18-20(11-17)30-14(2)10-21(18)34-8-6-15(28)12-34/h4-5,10-11,15-16H,3,6-9,12-13,28-29H2,1-2H3,(H,31,32,33). The molecule has 2 aliphatic heterocycles. The van der Waals surface area contributed by atoms with Crippen molar-refractivity contribution in [1.82, 2.24) is 19.9 Å². The van der Waals surface area contributed by atoms with Crippen molar-refractivity contribution in [2.24, 2.45) is 11.5 Å². The Balaban J connectivity index is 1.39. The Morgan fingerprint density at radius 3 is 2.50 bits per heavy atom. The van der Waals surface area contributed by atoms with Crippen LogP contribution in [0.15, 0.2) is 34.3 Å². The van der Waals surface area contributed by atoms with Crippen LogP contribution in [0.5, 0.6) is 0 Å². The Kier molecular flexibility index (Phi) is 6.19. The topological polar surface area (TPSA) is 113 Å². The van der Waals surface area contributed by atoms with Gasteiger partial charge in [-0.3, -0.25) is 4.98 Å². The minimum atomic E-state index is 0.142. The molecule has 2 unspecified atom stereocenters. The van der Waals surface area contributed by atoms with E-state index in [1.165, 1.54) is 5.69 Å².